The van der Waals surface area contributed by atoms with Gasteiger partial charge in [-0.05, 0) is 22.3 Å². The zero-order chi connectivity index (χ0) is 40.6. The molecule has 2 aromatic heterocycles. The Morgan fingerprint density at radius 1 is 0.593 bits per heavy atom. The first-order chi connectivity index (χ1) is 28.9. The predicted octanol–water partition coefficient (Wildman–Crippen LogP) is 4.10. The lowest BCUT2D eigenvalue weighted by Gasteiger charge is -2.43. The fourth-order valence-electron chi connectivity index (χ4n) is 7.16. The van der Waals surface area contributed by atoms with Gasteiger partial charge in [-0.1, -0.05) is 121 Å². The number of aromatic nitrogens is 4. The summed E-state index contributed by atoms with van der Waals surface area (Å²) in [5, 5.41) is 35.0. The third kappa shape index (κ3) is 9.77. The van der Waals surface area contributed by atoms with Gasteiger partial charge in [0, 0.05) is 0 Å². The smallest absolute Gasteiger partial charge is 0.247 e. The Bertz CT molecular complexity index is 2200. The number of nitrogens with two attached hydrogens (primary N) is 1. The number of aliphatic hydroxyl groups excluding tert-OH is 3. The van der Waals surface area contributed by atoms with Crippen molar-refractivity contribution in [2.45, 2.75) is 81.7 Å². The van der Waals surface area contributed by atoms with E-state index in [0.717, 1.165) is 22.3 Å². The second-order valence-electron chi connectivity index (χ2n) is 14.4. The topological polar surface area (TPSA) is 195 Å². The Kier molecular flexibility index (Phi) is 13.1. The molecule has 308 valence electrons. The summed E-state index contributed by atoms with van der Waals surface area (Å²) in [7, 11) is 0. The molecule has 0 spiro atoms. The Hall–Kier alpha value is -5.33. The SMILES string of the molecule is Nc1nc(OCc2ccccc2)c2ncn([C@@H]3O[C@H](COCc4ccccc4)[C@@H](O[C@H]4O[C@H](COCc5ccccc5)[C@@H](O)[C@H](O)[C@H]4OCc4ccccc4)[C@H]3O)c2n1. The monoisotopic (exact) mass is 805 g/mol. The molecule has 2 fully saturated rings. The number of hydrogen-bond acceptors (Lipinski definition) is 14. The van der Waals surface area contributed by atoms with Crippen molar-refractivity contribution in [3.8, 4) is 5.88 Å². The predicted molar refractivity (Wildman–Crippen MR) is 213 cm³/mol. The molecule has 0 radical (unpaired) electrons. The minimum absolute atomic E-state index is 0.000631. The van der Waals surface area contributed by atoms with E-state index in [4.69, 9.17) is 38.9 Å². The van der Waals surface area contributed by atoms with E-state index in [0.29, 0.717) is 5.52 Å². The summed E-state index contributed by atoms with van der Waals surface area (Å²) in [6, 6.07) is 38.2. The molecule has 15 nitrogen and oxygen atoms in total. The van der Waals surface area contributed by atoms with Crippen LogP contribution in [0, 0.1) is 0 Å². The lowest BCUT2D eigenvalue weighted by molar-refractivity contribution is -0.329. The van der Waals surface area contributed by atoms with Gasteiger partial charge in [-0.15, -0.1) is 0 Å². The highest BCUT2D eigenvalue weighted by Crippen LogP contribution is 2.37. The molecule has 6 aromatic rings. The lowest BCUT2D eigenvalue weighted by Crippen LogP contribution is -2.61. The first-order valence-corrected chi connectivity index (χ1v) is 19.5. The Balaban J connectivity index is 1.06. The van der Waals surface area contributed by atoms with Crippen molar-refractivity contribution < 1.29 is 48.5 Å². The number of fused-ring (bicyclic) bond motifs is 1. The van der Waals surface area contributed by atoms with E-state index in [2.05, 4.69) is 15.0 Å². The van der Waals surface area contributed by atoms with Crippen LogP contribution in [0.25, 0.3) is 11.2 Å². The van der Waals surface area contributed by atoms with Crippen molar-refractivity contribution in [1.82, 2.24) is 19.5 Å². The van der Waals surface area contributed by atoms with Crippen molar-refractivity contribution in [2.75, 3.05) is 18.9 Å². The molecule has 15 heteroatoms. The maximum atomic E-state index is 12.1. The van der Waals surface area contributed by atoms with E-state index < -0.39 is 55.2 Å². The highest BCUT2D eigenvalue weighted by atomic mass is 16.7. The second-order valence-corrected chi connectivity index (χ2v) is 14.4. The fourth-order valence-corrected chi connectivity index (χ4v) is 7.16. The Morgan fingerprint density at radius 2 is 1.14 bits per heavy atom. The molecule has 0 unspecified atom stereocenters. The third-order valence-corrected chi connectivity index (χ3v) is 10.2. The summed E-state index contributed by atoms with van der Waals surface area (Å²) in [6.07, 6.45) is -9.29. The number of imidazole rings is 1. The van der Waals surface area contributed by atoms with E-state index in [9.17, 15) is 15.3 Å². The summed E-state index contributed by atoms with van der Waals surface area (Å²) in [6.45, 7) is 0.756. The average Bonchev–Trinajstić information content (AvgIpc) is 3.82. The molecule has 9 atom stereocenters. The van der Waals surface area contributed by atoms with Crippen LogP contribution in [0.2, 0.25) is 0 Å². The van der Waals surface area contributed by atoms with Crippen molar-refractivity contribution in [1.29, 1.82) is 0 Å². The van der Waals surface area contributed by atoms with E-state index in [-0.39, 0.29) is 57.1 Å². The lowest BCUT2D eigenvalue weighted by atomic mass is 9.98. The van der Waals surface area contributed by atoms with Crippen LogP contribution in [-0.2, 0) is 54.8 Å². The summed E-state index contributed by atoms with van der Waals surface area (Å²) in [5.74, 6) is 0.104. The van der Waals surface area contributed by atoms with Crippen molar-refractivity contribution in [3.63, 3.8) is 0 Å². The number of nitrogen functional groups attached to an aromatic ring is 1. The molecule has 2 saturated heterocycles. The van der Waals surface area contributed by atoms with Crippen LogP contribution in [0.15, 0.2) is 128 Å². The summed E-state index contributed by atoms with van der Waals surface area (Å²) >= 11 is 0. The van der Waals surface area contributed by atoms with Gasteiger partial charge >= 0.3 is 0 Å². The van der Waals surface area contributed by atoms with Crippen molar-refractivity contribution in [3.05, 3.63) is 150 Å². The molecule has 2 aliphatic rings. The normalized spacial score (nSPS) is 25.6. The molecule has 8 rings (SSSR count). The molecule has 2 aliphatic heterocycles. The van der Waals surface area contributed by atoms with Crippen LogP contribution in [0.5, 0.6) is 5.88 Å². The van der Waals surface area contributed by atoms with Gasteiger partial charge in [0.15, 0.2) is 23.7 Å². The van der Waals surface area contributed by atoms with Gasteiger partial charge in [-0.25, -0.2) is 4.98 Å². The zero-order valence-corrected chi connectivity index (χ0v) is 32.1. The number of aliphatic hydroxyl groups is 3. The van der Waals surface area contributed by atoms with Gasteiger partial charge in [-0.3, -0.25) is 4.57 Å². The highest BCUT2D eigenvalue weighted by Gasteiger charge is 2.52. The zero-order valence-electron chi connectivity index (χ0n) is 32.1. The number of anilines is 1. The van der Waals surface area contributed by atoms with E-state index >= 15 is 0 Å². The Morgan fingerprint density at radius 3 is 1.73 bits per heavy atom. The third-order valence-electron chi connectivity index (χ3n) is 10.2. The van der Waals surface area contributed by atoms with Crippen LogP contribution >= 0.6 is 0 Å². The molecule has 4 heterocycles. The number of rotatable bonds is 17. The van der Waals surface area contributed by atoms with Crippen LogP contribution < -0.4 is 10.5 Å². The number of nitrogens with zero attached hydrogens (tertiary/aromatic N) is 4. The quantitative estimate of drug-likeness (QED) is 0.103. The first-order valence-electron chi connectivity index (χ1n) is 19.5. The summed E-state index contributed by atoms with van der Waals surface area (Å²) in [4.78, 5) is 13.3. The van der Waals surface area contributed by atoms with E-state index in [1.807, 2.05) is 121 Å². The molecule has 0 aliphatic carbocycles. The first kappa shape index (κ1) is 40.4. The minimum atomic E-state index is -1.45. The minimum Gasteiger partial charge on any atom is -0.471 e. The molecule has 0 saturated carbocycles. The molecule has 4 aromatic carbocycles. The van der Waals surface area contributed by atoms with Gasteiger partial charge in [0.1, 0.15) is 49.3 Å². The fraction of sp³-hybridized carbons (Fsp3) is 0.341. The van der Waals surface area contributed by atoms with Crippen LogP contribution in [0.3, 0.4) is 0 Å². The average molecular weight is 806 g/mol. The largest absolute Gasteiger partial charge is 0.471 e. The maximum Gasteiger partial charge on any atom is 0.247 e. The van der Waals surface area contributed by atoms with Crippen molar-refractivity contribution in [2.24, 2.45) is 0 Å². The molecule has 0 bridgehead atoms. The molecule has 0 amide bonds. The van der Waals surface area contributed by atoms with Crippen LogP contribution in [0.4, 0.5) is 5.95 Å². The van der Waals surface area contributed by atoms with Crippen LogP contribution in [0.1, 0.15) is 28.5 Å². The summed E-state index contributed by atoms with van der Waals surface area (Å²) in [5.41, 5.74) is 10.4. The van der Waals surface area contributed by atoms with Gasteiger partial charge in [0.25, 0.3) is 0 Å². The van der Waals surface area contributed by atoms with Crippen LogP contribution in [-0.4, -0.2) is 97.1 Å². The standard InChI is InChI=1S/C44H47N5O10/c45-44-47-40-34(41(48-44)56-24-31-19-11-4-12-20-31)46-27-49(40)42-37(52)38(33(57-42)26-54-22-29-15-7-2-8-16-29)59-43-39(55-23-30-17-9-3-10-18-30)36(51)35(50)32(58-43)25-53-21-28-13-5-1-6-14-28/h1-20,27,32-33,35-39,42-43,50-52H,21-26H2,(H2,45,47,48)/t32-,33-,35-,36+,37-,38-,39-,42-,43-/m1/s1. The van der Waals surface area contributed by atoms with E-state index in [1.54, 1.807) is 4.57 Å². The van der Waals surface area contributed by atoms with Gasteiger partial charge < -0.3 is 54.2 Å². The van der Waals surface area contributed by atoms with E-state index in [1.165, 1.54) is 6.33 Å². The molecule has 5 N–H and O–H groups in total. The molecular formula is C44H47N5O10. The van der Waals surface area contributed by atoms with Gasteiger partial charge in [0.2, 0.25) is 11.8 Å². The second kappa shape index (κ2) is 19.2. The number of ether oxygens (including phenoxy) is 7. The van der Waals surface area contributed by atoms with Gasteiger partial charge in [0.05, 0.1) is 39.4 Å². The number of hydrogen-bond donors (Lipinski definition) is 4. The Labute approximate surface area is 340 Å². The molecular weight excluding hydrogens is 759 g/mol. The van der Waals surface area contributed by atoms with Crippen molar-refractivity contribution >= 4 is 17.1 Å². The summed E-state index contributed by atoms with van der Waals surface area (Å²) < 4.78 is 45.4. The highest BCUT2D eigenvalue weighted by molar-refractivity contribution is 5.77. The number of benzene rings is 4. The van der Waals surface area contributed by atoms with Gasteiger partial charge in [-0.2, -0.15) is 9.97 Å². The maximum absolute atomic E-state index is 12.1. The molecule has 59 heavy (non-hydrogen) atoms.